The summed E-state index contributed by atoms with van der Waals surface area (Å²) in [6, 6.07) is 7.53. The molecule has 1 atom stereocenters. The molecule has 2 fully saturated rings. The molecular formula is C20H20BrFN2O2. The Morgan fingerprint density at radius 1 is 1.19 bits per heavy atom. The van der Waals surface area contributed by atoms with Gasteiger partial charge < -0.3 is 10.3 Å². The summed E-state index contributed by atoms with van der Waals surface area (Å²) in [4.78, 5) is 27.5. The Labute approximate surface area is 159 Å². The summed E-state index contributed by atoms with van der Waals surface area (Å²) in [6.07, 6.45) is 5.14. The van der Waals surface area contributed by atoms with Crippen LogP contribution in [0, 0.1) is 11.7 Å². The molecular weight excluding hydrogens is 399 g/mol. The van der Waals surface area contributed by atoms with Crippen molar-refractivity contribution in [3.8, 4) is 0 Å². The molecule has 4 nitrogen and oxygen atoms in total. The third kappa shape index (κ3) is 4.23. The molecule has 2 aromatic rings. The van der Waals surface area contributed by atoms with Crippen LogP contribution in [-0.4, -0.2) is 10.9 Å². The van der Waals surface area contributed by atoms with Crippen molar-refractivity contribution >= 4 is 21.8 Å². The molecule has 2 saturated carbocycles. The molecule has 0 spiro atoms. The van der Waals surface area contributed by atoms with Gasteiger partial charge in [0.15, 0.2) is 0 Å². The number of carbonyl (C=O) groups is 1. The number of rotatable bonds is 6. The number of aromatic amines is 1. The van der Waals surface area contributed by atoms with E-state index >= 15 is 0 Å². The maximum atomic E-state index is 13.8. The predicted octanol–water partition coefficient (Wildman–Crippen LogP) is 4.43. The highest BCUT2D eigenvalue weighted by Crippen LogP contribution is 2.39. The number of nitrogens with one attached hydrogen (secondary N) is 2. The number of pyridine rings is 1. The van der Waals surface area contributed by atoms with Crippen LogP contribution in [0.2, 0.25) is 0 Å². The summed E-state index contributed by atoms with van der Waals surface area (Å²) in [5, 5.41) is 3.01. The third-order valence-corrected chi connectivity index (χ3v) is 5.46. The maximum absolute atomic E-state index is 13.8. The lowest BCUT2D eigenvalue weighted by molar-refractivity contribution is 0.0933. The molecule has 4 rings (SSSR count). The lowest BCUT2D eigenvalue weighted by Gasteiger charge is -2.20. The van der Waals surface area contributed by atoms with E-state index in [-0.39, 0.29) is 23.3 Å². The van der Waals surface area contributed by atoms with Crippen molar-refractivity contribution < 1.29 is 9.18 Å². The van der Waals surface area contributed by atoms with E-state index in [1.807, 2.05) is 6.07 Å². The van der Waals surface area contributed by atoms with E-state index in [0.29, 0.717) is 21.9 Å². The number of halogens is 2. The number of hydrogen-bond acceptors (Lipinski definition) is 2. The summed E-state index contributed by atoms with van der Waals surface area (Å²) < 4.78 is 14.5. The molecule has 136 valence electrons. The second-order valence-electron chi connectivity index (χ2n) is 7.37. The zero-order valence-electron chi connectivity index (χ0n) is 14.2. The Morgan fingerprint density at radius 2 is 1.96 bits per heavy atom. The van der Waals surface area contributed by atoms with E-state index in [4.69, 9.17) is 0 Å². The molecule has 0 radical (unpaired) electrons. The molecule has 2 aliphatic carbocycles. The molecule has 0 bridgehead atoms. The van der Waals surface area contributed by atoms with Gasteiger partial charge in [-0.3, -0.25) is 9.59 Å². The van der Waals surface area contributed by atoms with Crippen LogP contribution in [0.3, 0.4) is 0 Å². The smallest absolute Gasteiger partial charge is 0.252 e. The van der Waals surface area contributed by atoms with Crippen molar-refractivity contribution in [2.24, 2.45) is 5.92 Å². The molecule has 1 aromatic heterocycles. The minimum atomic E-state index is -0.336. The second kappa shape index (κ2) is 6.99. The molecule has 1 aromatic carbocycles. The molecule has 2 aliphatic rings. The van der Waals surface area contributed by atoms with Gasteiger partial charge in [0, 0.05) is 21.8 Å². The van der Waals surface area contributed by atoms with Crippen LogP contribution in [0.25, 0.3) is 0 Å². The number of carbonyl (C=O) groups excluding carboxylic acids is 1. The van der Waals surface area contributed by atoms with Crippen molar-refractivity contribution in [1.82, 2.24) is 10.3 Å². The topological polar surface area (TPSA) is 62.0 Å². The van der Waals surface area contributed by atoms with Gasteiger partial charge in [-0.15, -0.1) is 0 Å². The van der Waals surface area contributed by atoms with Crippen molar-refractivity contribution in [2.75, 3.05) is 0 Å². The van der Waals surface area contributed by atoms with Gasteiger partial charge in [0.1, 0.15) is 5.82 Å². The van der Waals surface area contributed by atoms with E-state index in [1.54, 1.807) is 6.07 Å². The molecule has 1 heterocycles. The van der Waals surface area contributed by atoms with E-state index < -0.39 is 0 Å². The minimum Gasteiger partial charge on any atom is -0.345 e. The first kappa shape index (κ1) is 17.5. The summed E-state index contributed by atoms with van der Waals surface area (Å²) in [5.74, 6) is 0.293. The molecule has 1 amide bonds. The zero-order valence-corrected chi connectivity index (χ0v) is 15.8. The zero-order chi connectivity index (χ0) is 18.3. The van der Waals surface area contributed by atoms with E-state index in [2.05, 4.69) is 26.2 Å². The first-order valence-corrected chi connectivity index (χ1v) is 9.78. The van der Waals surface area contributed by atoms with Crippen molar-refractivity contribution in [3.05, 3.63) is 67.8 Å². The quantitative estimate of drug-likeness (QED) is 0.728. The maximum Gasteiger partial charge on any atom is 0.252 e. The van der Waals surface area contributed by atoms with Gasteiger partial charge in [-0.2, -0.15) is 0 Å². The van der Waals surface area contributed by atoms with Gasteiger partial charge in [0.2, 0.25) is 5.56 Å². The van der Waals surface area contributed by atoms with Gasteiger partial charge >= 0.3 is 0 Å². The van der Waals surface area contributed by atoms with Gasteiger partial charge in [-0.05, 0) is 60.9 Å². The number of aromatic nitrogens is 1. The lowest BCUT2D eigenvalue weighted by atomic mass is 10.0. The summed E-state index contributed by atoms with van der Waals surface area (Å²) in [5.41, 5.74) is 1.68. The fraction of sp³-hybridized carbons (Fsp3) is 0.400. The summed E-state index contributed by atoms with van der Waals surface area (Å²) >= 11 is 3.32. The average Bonchev–Trinajstić information content (AvgIpc) is 3.45. The van der Waals surface area contributed by atoms with Gasteiger partial charge in [-0.25, -0.2) is 4.39 Å². The summed E-state index contributed by atoms with van der Waals surface area (Å²) in [7, 11) is 0. The number of benzene rings is 1. The SMILES string of the molecule is O=C(NC(CC1CC1)c1cc(F)cc(Br)c1)c1cc(C2CC2)[nH]c(=O)c1. The van der Waals surface area contributed by atoms with Gasteiger partial charge in [0.25, 0.3) is 5.91 Å². The van der Waals surface area contributed by atoms with Crippen LogP contribution in [0.4, 0.5) is 4.39 Å². The standard InChI is InChI=1S/C20H20BrFN2O2/c21-15-6-13(7-16(22)10-15)17(5-11-1-2-11)24-20(26)14-8-18(12-3-4-12)23-19(25)9-14/h6-12,17H,1-5H2,(H,23,25)(H,24,26). The molecule has 0 aliphatic heterocycles. The van der Waals surface area contributed by atoms with Gasteiger partial charge in [0.05, 0.1) is 6.04 Å². The highest BCUT2D eigenvalue weighted by atomic mass is 79.9. The molecule has 2 N–H and O–H groups in total. The Morgan fingerprint density at radius 3 is 2.62 bits per heavy atom. The Balaban J connectivity index is 1.58. The monoisotopic (exact) mass is 418 g/mol. The van der Waals surface area contributed by atoms with Crippen molar-refractivity contribution in [1.29, 1.82) is 0 Å². The predicted molar refractivity (Wildman–Crippen MR) is 101 cm³/mol. The lowest BCUT2D eigenvalue weighted by Crippen LogP contribution is -2.30. The first-order valence-electron chi connectivity index (χ1n) is 8.99. The number of amides is 1. The molecule has 26 heavy (non-hydrogen) atoms. The molecule has 1 unspecified atom stereocenters. The van der Waals surface area contributed by atoms with Crippen molar-refractivity contribution in [2.45, 2.75) is 44.1 Å². The van der Waals surface area contributed by atoms with Crippen LogP contribution >= 0.6 is 15.9 Å². The third-order valence-electron chi connectivity index (χ3n) is 5.00. The number of hydrogen-bond donors (Lipinski definition) is 2. The Hall–Kier alpha value is -1.95. The Bertz CT molecular complexity index is 883. The van der Waals surface area contributed by atoms with Crippen LogP contribution in [0.15, 0.2) is 39.6 Å². The molecule has 6 heteroatoms. The van der Waals surface area contributed by atoms with E-state index in [1.165, 1.54) is 18.2 Å². The van der Waals surface area contributed by atoms with Crippen molar-refractivity contribution in [3.63, 3.8) is 0 Å². The number of H-pyrrole nitrogens is 1. The normalized spacial score (nSPS) is 17.8. The Kier molecular flexibility index (Phi) is 4.69. The first-order chi connectivity index (χ1) is 12.5. The fourth-order valence-corrected chi connectivity index (χ4v) is 3.78. The van der Waals surface area contributed by atoms with Crippen LogP contribution in [0.5, 0.6) is 0 Å². The molecule has 0 saturated heterocycles. The van der Waals surface area contributed by atoms with Crippen LogP contribution in [0.1, 0.15) is 65.7 Å². The summed E-state index contributed by atoms with van der Waals surface area (Å²) in [6.45, 7) is 0. The van der Waals surface area contributed by atoms with E-state index in [9.17, 15) is 14.0 Å². The largest absolute Gasteiger partial charge is 0.345 e. The van der Waals surface area contributed by atoms with E-state index in [0.717, 1.165) is 43.4 Å². The van der Waals surface area contributed by atoms with Crippen LogP contribution in [-0.2, 0) is 0 Å². The fourth-order valence-electron chi connectivity index (χ4n) is 3.29. The minimum absolute atomic E-state index is 0.258. The van der Waals surface area contributed by atoms with Gasteiger partial charge in [-0.1, -0.05) is 28.8 Å². The highest BCUT2D eigenvalue weighted by molar-refractivity contribution is 9.10. The highest BCUT2D eigenvalue weighted by Gasteiger charge is 2.29. The average molecular weight is 419 g/mol. The second-order valence-corrected chi connectivity index (χ2v) is 8.29. The van der Waals surface area contributed by atoms with Crippen LogP contribution < -0.4 is 10.9 Å².